The Morgan fingerprint density at radius 3 is 2.44 bits per heavy atom. The van der Waals surface area contributed by atoms with Gasteiger partial charge in [-0.1, -0.05) is 13.8 Å². The molecule has 0 unspecified atom stereocenters. The molecule has 0 saturated carbocycles. The van der Waals surface area contributed by atoms with Gasteiger partial charge in [0.1, 0.15) is 0 Å². The first-order chi connectivity index (χ1) is 8.49. The van der Waals surface area contributed by atoms with E-state index >= 15 is 0 Å². The van der Waals surface area contributed by atoms with Crippen LogP contribution in [0, 0.1) is 11.8 Å². The largest absolute Gasteiger partial charge is 0.481 e. The molecule has 1 aliphatic rings. The molecule has 5 nitrogen and oxygen atoms in total. The van der Waals surface area contributed by atoms with Crippen molar-refractivity contribution in [2.75, 3.05) is 19.6 Å². The van der Waals surface area contributed by atoms with Crippen LogP contribution in [0.2, 0.25) is 0 Å². The number of nitrogens with one attached hydrogen (secondary N) is 1. The van der Waals surface area contributed by atoms with Gasteiger partial charge in [0, 0.05) is 26.1 Å². The molecule has 18 heavy (non-hydrogen) atoms. The highest BCUT2D eigenvalue weighted by Crippen LogP contribution is 2.21. The third kappa shape index (κ3) is 5.38. The minimum Gasteiger partial charge on any atom is -0.481 e. The Bertz CT molecular complexity index is 284. The van der Waals surface area contributed by atoms with Gasteiger partial charge in [-0.2, -0.15) is 0 Å². The minimum absolute atomic E-state index is 0.0142. The summed E-state index contributed by atoms with van der Waals surface area (Å²) < 4.78 is 0. The fraction of sp³-hybridized carbons (Fsp3) is 0.846. The van der Waals surface area contributed by atoms with Gasteiger partial charge in [0.25, 0.3) is 0 Å². The summed E-state index contributed by atoms with van der Waals surface area (Å²) in [5.41, 5.74) is 0. The van der Waals surface area contributed by atoms with E-state index in [9.17, 15) is 9.59 Å². The molecule has 104 valence electrons. The molecule has 1 rings (SSSR count). The Balaban J connectivity index is 2.22. The van der Waals surface area contributed by atoms with E-state index in [0.717, 1.165) is 32.4 Å². The molecule has 0 aromatic heterocycles. The van der Waals surface area contributed by atoms with E-state index in [1.54, 1.807) is 0 Å². The van der Waals surface area contributed by atoms with E-state index < -0.39 is 5.97 Å². The molecular formula is C13H24N2O3. The number of hydrogen-bond acceptors (Lipinski definition) is 2. The highest BCUT2D eigenvalue weighted by molar-refractivity contribution is 5.74. The summed E-state index contributed by atoms with van der Waals surface area (Å²) in [5, 5.41) is 11.5. The Morgan fingerprint density at radius 2 is 1.94 bits per heavy atom. The van der Waals surface area contributed by atoms with Crippen molar-refractivity contribution in [1.82, 2.24) is 10.2 Å². The summed E-state index contributed by atoms with van der Waals surface area (Å²) in [4.78, 5) is 24.1. The highest BCUT2D eigenvalue weighted by Gasteiger charge is 2.22. The average Bonchev–Trinajstić information content (AvgIpc) is 2.34. The molecule has 0 atom stereocenters. The lowest BCUT2D eigenvalue weighted by atomic mass is 9.92. The van der Waals surface area contributed by atoms with Crippen LogP contribution in [0.25, 0.3) is 0 Å². The van der Waals surface area contributed by atoms with E-state index in [0.29, 0.717) is 18.4 Å². The summed E-state index contributed by atoms with van der Waals surface area (Å²) in [6, 6.07) is 0.0142. The van der Waals surface area contributed by atoms with Gasteiger partial charge in [-0.05, 0) is 31.1 Å². The molecule has 1 aliphatic heterocycles. The number of carbonyl (C=O) groups is 2. The number of piperidine rings is 1. The summed E-state index contributed by atoms with van der Waals surface area (Å²) >= 11 is 0. The zero-order valence-electron chi connectivity index (χ0n) is 11.3. The lowest BCUT2D eigenvalue weighted by Gasteiger charge is -2.32. The molecule has 0 aromatic carbocycles. The minimum atomic E-state index is -0.730. The van der Waals surface area contributed by atoms with Crippen LogP contribution in [0.15, 0.2) is 0 Å². The van der Waals surface area contributed by atoms with E-state index in [-0.39, 0.29) is 12.5 Å². The summed E-state index contributed by atoms with van der Waals surface area (Å²) in [7, 11) is 0. The average molecular weight is 256 g/mol. The maximum absolute atomic E-state index is 11.8. The van der Waals surface area contributed by atoms with Crippen molar-refractivity contribution in [3.8, 4) is 0 Å². The van der Waals surface area contributed by atoms with Crippen LogP contribution >= 0.6 is 0 Å². The van der Waals surface area contributed by atoms with Gasteiger partial charge < -0.3 is 15.3 Å². The molecule has 0 radical (unpaired) electrons. The lowest BCUT2D eigenvalue weighted by Crippen LogP contribution is -2.45. The predicted octanol–water partition coefficient (Wildman–Crippen LogP) is 1.93. The molecule has 2 amide bonds. The Hall–Kier alpha value is -1.26. The zero-order chi connectivity index (χ0) is 13.5. The quantitative estimate of drug-likeness (QED) is 0.789. The number of carbonyl (C=O) groups excluding carboxylic acids is 1. The fourth-order valence-electron chi connectivity index (χ4n) is 2.16. The van der Waals surface area contributed by atoms with Gasteiger partial charge in [0.2, 0.25) is 0 Å². The van der Waals surface area contributed by atoms with Crippen LogP contribution in [0.1, 0.15) is 39.5 Å². The van der Waals surface area contributed by atoms with Crippen molar-refractivity contribution < 1.29 is 14.7 Å². The number of urea groups is 1. The third-order valence-corrected chi connectivity index (χ3v) is 3.33. The number of rotatable bonds is 5. The second kappa shape index (κ2) is 7.24. The normalized spacial score (nSPS) is 16.9. The first-order valence-corrected chi connectivity index (χ1v) is 6.73. The van der Waals surface area contributed by atoms with E-state index in [1.807, 2.05) is 4.90 Å². The summed E-state index contributed by atoms with van der Waals surface area (Å²) in [6.45, 7) is 6.33. The lowest BCUT2D eigenvalue weighted by molar-refractivity contribution is -0.137. The Labute approximate surface area is 109 Å². The highest BCUT2D eigenvalue weighted by atomic mass is 16.4. The van der Waals surface area contributed by atoms with E-state index in [2.05, 4.69) is 19.2 Å². The van der Waals surface area contributed by atoms with Gasteiger partial charge in [0.05, 0.1) is 0 Å². The molecule has 0 spiro atoms. The number of likely N-dealkylation sites (tertiary alicyclic amines) is 1. The third-order valence-electron chi connectivity index (χ3n) is 3.33. The van der Waals surface area contributed by atoms with Gasteiger partial charge in [-0.3, -0.25) is 4.79 Å². The van der Waals surface area contributed by atoms with Crippen LogP contribution in [-0.4, -0.2) is 41.6 Å². The SMILES string of the molecule is CC(C)CNC(=O)N1CCC(CCC(=O)O)CC1. The molecule has 0 bridgehead atoms. The number of carboxylic acid groups (broad SMARTS) is 1. The second-order valence-electron chi connectivity index (χ2n) is 5.44. The van der Waals surface area contributed by atoms with Crippen molar-refractivity contribution in [3.63, 3.8) is 0 Å². The van der Waals surface area contributed by atoms with Crippen molar-refractivity contribution in [3.05, 3.63) is 0 Å². The van der Waals surface area contributed by atoms with Crippen LogP contribution < -0.4 is 5.32 Å². The maximum atomic E-state index is 11.8. The van der Waals surface area contributed by atoms with Crippen LogP contribution in [0.5, 0.6) is 0 Å². The molecule has 0 aliphatic carbocycles. The zero-order valence-corrected chi connectivity index (χ0v) is 11.3. The Morgan fingerprint density at radius 1 is 1.33 bits per heavy atom. The number of aliphatic carboxylic acids is 1. The number of hydrogen-bond donors (Lipinski definition) is 2. The van der Waals surface area contributed by atoms with Crippen molar-refractivity contribution >= 4 is 12.0 Å². The topological polar surface area (TPSA) is 69.6 Å². The molecule has 1 heterocycles. The first-order valence-electron chi connectivity index (χ1n) is 6.73. The van der Waals surface area contributed by atoms with E-state index in [4.69, 9.17) is 5.11 Å². The van der Waals surface area contributed by atoms with Gasteiger partial charge in [-0.25, -0.2) is 4.79 Å². The number of nitrogens with zero attached hydrogens (tertiary/aromatic N) is 1. The standard InChI is InChI=1S/C13H24N2O3/c1-10(2)9-14-13(18)15-7-5-11(6-8-15)3-4-12(16)17/h10-11H,3-9H2,1-2H3,(H,14,18)(H,16,17). The predicted molar refractivity (Wildman–Crippen MR) is 69.4 cm³/mol. The molecule has 2 N–H and O–H groups in total. The summed E-state index contributed by atoms with van der Waals surface area (Å²) in [5.74, 6) is 0.185. The van der Waals surface area contributed by atoms with Crippen molar-refractivity contribution in [1.29, 1.82) is 0 Å². The number of amides is 2. The van der Waals surface area contributed by atoms with Gasteiger partial charge in [0.15, 0.2) is 0 Å². The summed E-state index contributed by atoms with van der Waals surface area (Å²) in [6.07, 6.45) is 2.81. The van der Waals surface area contributed by atoms with Crippen LogP contribution in [-0.2, 0) is 4.79 Å². The molecule has 0 aromatic rings. The monoisotopic (exact) mass is 256 g/mol. The van der Waals surface area contributed by atoms with Crippen LogP contribution in [0.4, 0.5) is 4.79 Å². The maximum Gasteiger partial charge on any atom is 0.317 e. The second-order valence-corrected chi connectivity index (χ2v) is 5.44. The molecule has 1 fully saturated rings. The van der Waals surface area contributed by atoms with Gasteiger partial charge in [-0.15, -0.1) is 0 Å². The van der Waals surface area contributed by atoms with Crippen LogP contribution in [0.3, 0.4) is 0 Å². The smallest absolute Gasteiger partial charge is 0.317 e. The Kier molecular flexibility index (Phi) is 5.95. The van der Waals surface area contributed by atoms with Crippen molar-refractivity contribution in [2.45, 2.75) is 39.5 Å². The molecule has 1 saturated heterocycles. The number of carboxylic acids is 1. The van der Waals surface area contributed by atoms with E-state index in [1.165, 1.54) is 0 Å². The molecule has 5 heteroatoms. The van der Waals surface area contributed by atoms with Crippen molar-refractivity contribution in [2.24, 2.45) is 11.8 Å². The van der Waals surface area contributed by atoms with Gasteiger partial charge >= 0.3 is 12.0 Å². The molecular weight excluding hydrogens is 232 g/mol. The first kappa shape index (κ1) is 14.8. The fourth-order valence-corrected chi connectivity index (χ4v) is 2.16.